The molecule has 2 heterocycles. The molecule has 0 radical (unpaired) electrons. The summed E-state index contributed by atoms with van der Waals surface area (Å²) < 4.78 is 11.2. The van der Waals surface area contributed by atoms with Crippen LogP contribution in [0.5, 0.6) is 5.75 Å². The van der Waals surface area contributed by atoms with Crippen molar-refractivity contribution in [3.05, 3.63) is 54.5 Å². The third-order valence-corrected chi connectivity index (χ3v) is 4.53. The lowest BCUT2D eigenvalue weighted by Gasteiger charge is -2.22. The molecule has 4 rings (SSSR count). The van der Waals surface area contributed by atoms with Crippen molar-refractivity contribution in [2.75, 3.05) is 6.54 Å². The number of hydrogen-bond acceptors (Lipinski definition) is 4. The first-order valence-corrected chi connectivity index (χ1v) is 8.57. The molecule has 2 fully saturated rings. The standard InChI is InChI=1S/C19H20N2O4/c22-18(20-13-8-9-13)16-11-15(25-14-5-2-1-3-6-14)12-21(16)19(23)17-7-4-10-24-17/h1-7,10,13,15-16H,8-9,11-12H2,(H,20,22)/t15-,16-/m0/s1. The van der Waals surface area contributed by atoms with Gasteiger partial charge in [-0.05, 0) is 37.1 Å². The van der Waals surface area contributed by atoms with Gasteiger partial charge < -0.3 is 19.4 Å². The van der Waals surface area contributed by atoms with Crippen LogP contribution in [0.15, 0.2) is 53.1 Å². The second kappa shape index (κ2) is 6.63. The number of para-hydroxylation sites is 1. The van der Waals surface area contributed by atoms with Gasteiger partial charge in [-0.25, -0.2) is 0 Å². The monoisotopic (exact) mass is 340 g/mol. The molecule has 6 heteroatoms. The Hall–Kier alpha value is -2.76. The molecule has 1 aliphatic carbocycles. The minimum absolute atomic E-state index is 0.110. The zero-order valence-corrected chi connectivity index (χ0v) is 13.8. The Morgan fingerprint density at radius 1 is 1.12 bits per heavy atom. The third-order valence-electron chi connectivity index (χ3n) is 4.53. The summed E-state index contributed by atoms with van der Waals surface area (Å²) in [5.41, 5.74) is 0. The fourth-order valence-electron chi connectivity index (χ4n) is 3.11. The van der Waals surface area contributed by atoms with E-state index < -0.39 is 6.04 Å². The van der Waals surface area contributed by atoms with Gasteiger partial charge in [0.2, 0.25) is 5.91 Å². The SMILES string of the molecule is O=C(NC1CC1)[C@@H]1C[C@H](Oc2ccccc2)CN1C(=O)c1ccco1. The highest BCUT2D eigenvalue weighted by Gasteiger charge is 2.42. The fourth-order valence-corrected chi connectivity index (χ4v) is 3.11. The molecular weight excluding hydrogens is 320 g/mol. The molecule has 1 aliphatic heterocycles. The lowest BCUT2D eigenvalue weighted by Crippen LogP contribution is -2.46. The quantitative estimate of drug-likeness (QED) is 0.906. The summed E-state index contributed by atoms with van der Waals surface area (Å²) in [7, 11) is 0. The first kappa shape index (κ1) is 15.7. The van der Waals surface area contributed by atoms with Crippen LogP contribution in [-0.2, 0) is 4.79 Å². The first-order chi connectivity index (χ1) is 12.2. The van der Waals surface area contributed by atoms with E-state index in [9.17, 15) is 9.59 Å². The van der Waals surface area contributed by atoms with Gasteiger partial charge >= 0.3 is 0 Å². The minimum Gasteiger partial charge on any atom is -0.488 e. The van der Waals surface area contributed by atoms with Gasteiger partial charge in [-0.1, -0.05) is 18.2 Å². The number of ether oxygens (including phenoxy) is 1. The van der Waals surface area contributed by atoms with E-state index in [1.54, 1.807) is 17.0 Å². The van der Waals surface area contributed by atoms with Crippen LogP contribution in [0, 0.1) is 0 Å². The summed E-state index contributed by atoms with van der Waals surface area (Å²) in [6.45, 7) is 0.358. The van der Waals surface area contributed by atoms with E-state index in [-0.39, 0.29) is 29.7 Å². The Balaban J connectivity index is 1.51. The summed E-state index contributed by atoms with van der Waals surface area (Å²) in [6.07, 6.45) is 3.72. The Morgan fingerprint density at radius 3 is 2.60 bits per heavy atom. The van der Waals surface area contributed by atoms with Gasteiger partial charge in [0.1, 0.15) is 17.9 Å². The van der Waals surface area contributed by atoms with Gasteiger partial charge in [0, 0.05) is 12.5 Å². The summed E-state index contributed by atoms with van der Waals surface area (Å²) >= 11 is 0. The van der Waals surface area contributed by atoms with Crippen LogP contribution in [0.25, 0.3) is 0 Å². The molecule has 1 N–H and O–H groups in total. The average molecular weight is 340 g/mol. The maximum absolute atomic E-state index is 12.7. The van der Waals surface area contributed by atoms with Gasteiger partial charge in [0.05, 0.1) is 12.8 Å². The van der Waals surface area contributed by atoms with Crippen molar-refractivity contribution < 1.29 is 18.7 Å². The van der Waals surface area contributed by atoms with Crippen molar-refractivity contribution in [1.29, 1.82) is 0 Å². The molecule has 130 valence electrons. The van der Waals surface area contributed by atoms with Crippen molar-refractivity contribution >= 4 is 11.8 Å². The molecule has 0 spiro atoms. The van der Waals surface area contributed by atoms with E-state index in [4.69, 9.17) is 9.15 Å². The van der Waals surface area contributed by atoms with Crippen LogP contribution in [0.2, 0.25) is 0 Å². The molecule has 25 heavy (non-hydrogen) atoms. The van der Waals surface area contributed by atoms with Crippen molar-refractivity contribution in [2.24, 2.45) is 0 Å². The average Bonchev–Trinajstić information content (AvgIpc) is 3.12. The van der Waals surface area contributed by atoms with Crippen LogP contribution in [0.4, 0.5) is 0 Å². The van der Waals surface area contributed by atoms with Crippen LogP contribution >= 0.6 is 0 Å². The molecule has 6 nitrogen and oxygen atoms in total. The molecule has 1 saturated heterocycles. The largest absolute Gasteiger partial charge is 0.488 e. The predicted octanol–water partition coefficient (Wildman–Crippen LogP) is 2.22. The molecule has 2 aromatic rings. The fraction of sp³-hybridized carbons (Fsp3) is 0.368. The Bertz CT molecular complexity index is 740. The number of carbonyl (C=O) groups excluding carboxylic acids is 2. The summed E-state index contributed by atoms with van der Waals surface area (Å²) in [5, 5.41) is 2.99. The molecule has 2 amide bonds. The highest BCUT2D eigenvalue weighted by atomic mass is 16.5. The number of rotatable bonds is 5. The number of benzene rings is 1. The molecule has 1 saturated carbocycles. The molecular formula is C19H20N2O4. The summed E-state index contributed by atoms with van der Waals surface area (Å²) in [6, 6.07) is 12.5. The van der Waals surface area contributed by atoms with E-state index in [1.807, 2.05) is 30.3 Å². The predicted molar refractivity (Wildman–Crippen MR) is 90.2 cm³/mol. The van der Waals surface area contributed by atoms with Crippen LogP contribution in [0.1, 0.15) is 29.8 Å². The van der Waals surface area contributed by atoms with E-state index in [2.05, 4.69) is 5.32 Å². The topological polar surface area (TPSA) is 71.8 Å². The van der Waals surface area contributed by atoms with Crippen LogP contribution in [-0.4, -0.2) is 41.4 Å². The number of hydrogen-bond donors (Lipinski definition) is 1. The number of likely N-dealkylation sites (tertiary alicyclic amines) is 1. The van der Waals surface area contributed by atoms with Crippen molar-refractivity contribution in [2.45, 2.75) is 37.5 Å². The van der Waals surface area contributed by atoms with E-state index in [1.165, 1.54) is 6.26 Å². The summed E-state index contributed by atoms with van der Waals surface area (Å²) in [4.78, 5) is 26.9. The van der Waals surface area contributed by atoms with E-state index >= 15 is 0 Å². The first-order valence-electron chi connectivity index (χ1n) is 8.57. The van der Waals surface area contributed by atoms with Gasteiger partial charge in [-0.15, -0.1) is 0 Å². The lowest BCUT2D eigenvalue weighted by molar-refractivity contribution is -0.125. The third kappa shape index (κ3) is 3.52. The van der Waals surface area contributed by atoms with E-state index in [0.717, 1.165) is 18.6 Å². The van der Waals surface area contributed by atoms with Gasteiger partial charge in [0.25, 0.3) is 5.91 Å². The normalized spacial score (nSPS) is 22.6. The van der Waals surface area contributed by atoms with Crippen molar-refractivity contribution in [1.82, 2.24) is 10.2 Å². The van der Waals surface area contributed by atoms with Crippen LogP contribution in [0.3, 0.4) is 0 Å². The molecule has 0 unspecified atom stereocenters. The van der Waals surface area contributed by atoms with Crippen molar-refractivity contribution in [3.63, 3.8) is 0 Å². The number of amides is 2. The molecule has 2 atom stereocenters. The van der Waals surface area contributed by atoms with Gasteiger partial charge in [-0.3, -0.25) is 9.59 Å². The van der Waals surface area contributed by atoms with Crippen molar-refractivity contribution in [3.8, 4) is 5.75 Å². The molecule has 2 aliphatic rings. The minimum atomic E-state index is -0.535. The van der Waals surface area contributed by atoms with Crippen LogP contribution < -0.4 is 10.1 Å². The second-order valence-corrected chi connectivity index (χ2v) is 6.52. The maximum atomic E-state index is 12.7. The highest BCUT2D eigenvalue weighted by Crippen LogP contribution is 2.27. The maximum Gasteiger partial charge on any atom is 0.290 e. The second-order valence-electron chi connectivity index (χ2n) is 6.52. The Kier molecular flexibility index (Phi) is 4.17. The van der Waals surface area contributed by atoms with Gasteiger partial charge in [-0.2, -0.15) is 0 Å². The number of nitrogens with one attached hydrogen (secondary N) is 1. The number of furan rings is 1. The summed E-state index contributed by atoms with van der Waals surface area (Å²) in [5.74, 6) is 0.590. The number of carbonyl (C=O) groups is 2. The van der Waals surface area contributed by atoms with E-state index in [0.29, 0.717) is 13.0 Å². The van der Waals surface area contributed by atoms with Gasteiger partial charge in [0.15, 0.2) is 5.76 Å². The lowest BCUT2D eigenvalue weighted by atomic mass is 10.1. The Morgan fingerprint density at radius 2 is 1.92 bits per heavy atom. The molecule has 0 bridgehead atoms. The molecule has 1 aromatic heterocycles. The zero-order valence-electron chi connectivity index (χ0n) is 13.8. The number of nitrogens with zero attached hydrogens (tertiary/aromatic N) is 1. The molecule has 1 aromatic carbocycles. The smallest absolute Gasteiger partial charge is 0.290 e. The Labute approximate surface area is 145 Å². The highest BCUT2D eigenvalue weighted by molar-refractivity contribution is 5.96. The zero-order chi connectivity index (χ0) is 17.2.